The molecule has 10 aromatic rings. The van der Waals surface area contributed by atoms with Gasteiger partial charge in [0.25, 0.3) is 0 Å². The summed E-state index contributed by atoms with van der Waals surface area (Å²) < 4.78 is 13.0. The first kappa shape index (κ1) is 31.7. The number of ether oxygens (including phenoxy) is 1. The van der Waals surface area contributed by atoms with Crippen molar-refractivity contribution >= 4 is 21.9 Å². The smallest absolute Gasteiger partial charge is 0.164 e. The van der Waals surface area contributed by atoms with E-state index in [1.807, 2.05) is 60.7 Å². The average Bonchev–Trinajstić information content (AvgIpc) is 3.80. The molecule has 0 fully saturated rings. The van der Waals surface area contributed by atoms with Crippen LogP contribution in [-0.2, 0) is 5.41 Å². The Balaban J connectivity index is 1.07. The number of hydrogen-bond acceptors (Lipinski definition) is 5. The van der Waals surface area contributed by atoms with E-state index in [9.17, 15) is 0 Å². The first-order chi connectivity index (χ1) is 28.2. The second kappa shape index (κ2) is 12.2. The van der Waals surface area contributed by atoms with Crippen molar-refractivity contribution in [2.75, 3.05) is 0 Å². The summed E-state index contributed by atoms with van der Waals surface area (Å²) in [6.07, 6.45) is 0. The molecule has 1 aliphatic heterocycles. The Morgan fingerprint density at radius 2 is 0.895 bits per heavy atom. The lowest BCUT2D eigenvalue weighted by atomic mass is 9.65. The highest BCUT2D eigenvalue weighted by molar-refractivity contribution is 6.05. The normalized spacial score (nSPS) is 13.2. The van der Waals surface area contributed by atoms with E-state index in [0.29, 0.717) is 17.5 Å². The zero-order valence-electron chi connectivity index (χ0n) is 30.6. The number of benzene rings is 8. The zero-order valence-corrected chi connectivity index (χ0v) is 30.6. The Hall–Kier alpha value is -7.63. The van der Waals surface area contributed by atoms with E-state index in [1.54, 1.807) is 0 Å². The molecule has 2 aromatic heterocycles. The maximum Gasteiger partial charge on any atom is 0.164 e. The largest absolute Gasteiger partial charge is 0.457 e. The van der Waals surface area contributed by atoms with Crippen molar-refractivity contribution in [1.82, 2.24) is 15.0 Å². The Labute approximate surface area is 328 Å². The molecule has 0 amide bonds. The topological polar surface area (TPSA) is 61.0 Å². The van der Waals surface area contributed by atoms with Crippen molar-refractivity contribution in [2.45, 2.75) is 5.41 Å². The standard InChI is InChI=1S/C52H31N3O2/c1-2-14-32(15-3-1)49-53-50(34-26-28-39-38-19-8-12-24-45(38)56-48(39)31-34)55-51(54-49)40-20-5-4-16-35(40)33-27-29-47-44(30-33)52(43-23-11-13-25-46(43)57-47)41-21-9-6-17-36(41)37-18-7-10-22-42(37)52/h1-31H. The van der Waals surface area contributed by atoms with Gasteiger partial charge in [0.05, 0.1) is 5.41 Å². The first-order valence-electron chi connectivity index (χ1n) is 19.2. The van der Waals surface area contributed by atoms with Gasteiger partial charge in [-0.2, -0.15) is 0 Å². The fourth-order valence-electron chi connectivity index (χ4n) is 9.16. The summed E-state index contributed by atoms with van der Waals surface area (Å²) >= 11 is 0. The highest BCUT2D eigenvalue weighted by Gasteiger charge is 2.51. The quantitative estimate of drug-likeness (QED) is 0.180. The second-order valence-corrected chi connectivity index (χ2v) is 14.7. The molecule has 0 radical (unpaired) electrons. The van der Waals surface area contributed by atoms with Crippen LogP contribution >= 0.6 is 0 Å². The lowest BCUT2D eigenvalue weighted by Crippen LogP contribution is -2.32. The van der Waals surface area contributed by atoms with Gasteiger partial charge in [-0.15, -0.1) is 0 Å². The molecule has 0 saturated heterocycles. The van der Waals surface area contributed by atoms with Crippen molar-refractivity contribution in [3.05, 3.63) is 210 Å². The van der Waals surface area contributed by atoms with E-state index in [1.165, 1.54) is 22.3 Å². The fraction of sp³-hybridized carbons (Fsp3) is 0.0192. The molecule has 2 aliphatic rings. The lowest BCUT2D eigenvalue weighted by Gasteiger charge is -2.39. The van der Waals surface area contributed by atoms with Crippen LogP contribution in [0.15, 0.2) is 192 Å². The van der Waals surface area contributed by atoms with Crippen LogP contribution in [0.2, 0.25) is 0 Å². The summed E-state index contributed by atoms with van der Waals surface area (Å²) in [6, 6.07) is 65.5. The summed E-state index contributed by atoms with van der Waals surface area (Å²) in [7, 11) is 0. The number of nitrogens with zero attached hydrogens (tertiary/aromatic N) is 3. The van der Waals surface area contributed by atoms with E-state index in [2.05, 4.69) is 127 Å². The van der Waals surface area contributed by atoms with Crippen molar-refractivity contribution in [2.24, 2.45) is 0 Å². The van der Waals surface area contributed by atoms with Crippen LogP contribution in [0.5, 0.6) is 11.5 Å². The highest BCUT2D eigenvalue weighted by atomic mass is 16.5. The number of furan rings is 1. The van der Waals surface area contributed by atoms with Crippen LogP contribution in [0.25, 0.3) is 78.4 Å². The maximum atomic E-state index is 6.74. The van der Waals surface area contributed by atoms with E-state index >= 15 is 0 Å². The molecule has 8 aromatic carbocycles. The van der Waals surface area contributed by atoms with Crippen LogP contribution in [0.4, 0.5) is 0 Å². The second-order valence-electron chi connectivity index (χ2n) is 14.7. The third kappa shape index (κ3) is 4.66. The van der Waals surface area contributed by atoms with Crippen LogP contribution in [0.1, 0.15) is 22.3 Å². The minimum Gasteiger partial charge on any atom is -0.457 e. The Bertz CT molecular complexity index is 3190. The number of fused-ring (bicyclic) bond motifs is 12. The SMILES string of the molecule is c1ccc(-c2nc(-c3ccc4c(c3)oc3ccccc34)nc(-c3ccccc3-c3ccc4c(c3)C3(c5ccccc5O4)c4ccccc4-c4ccccc43)n2)cc1. The average molecular weight is 730 g/mol. The molecule has 0 saturated carbocycles. The molecule has 1 aliphatic carbocycles. The summed E-state index contributed by atoms with van der Waals surface area (Å²) in [5, 5.41) is 2.14. The number of aromatic nitrogens is 3. The van der Waals surface area contributed by atoms with Crippen molar-refractivity contribution in [3.63, 3.8) is 0 Å². The van der Waals surface area contributed by atoms with Crippen LogP contribution < -0.4 is 4.74 Å². The molecular weight excluding hydrogens is 699 g/mol. The van der Waals surface area contributed by atoms with Crippen LogP contribution in [0.3, 0.4) is 0 Å². The maximum absolute atomic E-state index is 6.74. The van der Waals surface area contributed by atoms with Crippen molar-refractivity contribution < 1.29 is 9.15 Å². The molecule has 5 nitrogen and oxygen atoms in total. The summed E-state index contributed by atoms with van der Waals surface area (Å²) in [5.41, 5.74) is 13.0. The minimum atomic E-state index is -0.571. The Morgan fingerprint density at radius 1 is 0.333 bits per heavy atom. The van der Waals surface area contributed by atoms with Gasteiger partial charge < -0.3 is 9.15 Å². The van der Waals surface area contributed by atoms with Gasteiger partial charge in [-0.25, -0.2) is 15.0 Å². The summed E-state index contributed by atoms with van der Waals surface area (Å²) in [6.45, 7) is 0. The first-order valence-corrected chi connectivity index (χ1v) is 19.2. The third-order valence-corrected chi connectivity index (χ3v) is 11.6. The van der Waals surface area contributed by atoms with Gasteiger partial charge in [-0.1, -0.05) is 152 Å². The predicted octanol–water partition coefficient (Wildman–Crippen LogP) is 12.9. The molecule has 0 unspecified atom stereocenters. The highest BCUT2D eigenvalue weighted by Crippen LogP contribution is 2.62. The number of para-hydroxylation sites is 2. The van der Waals surface area contributed by atoms with E-state index < -0.39 is 5.41 Å². The molecule has 0 atom stereocenters. The van der Waals surface area contributed by atoms with Gasteiger partial charge >= 0.3 is 0 Å². The van der Waals surface area contributed by atoms with Gasteiger partial charge in [0.2, 0.25) is 0 Å². The Morgan fingerprint density at radius 3 is 1.68 bits per heavy atom. The molecule has 266 valence electrons. The van der Waals surface area contributed by atoms with Gasteiger partial charge in [-0.05, 0) is 69.8 Å². The molecule has 12 rings (SSSR count). The van der Waals surface area contributed by atoms with Crippen molar-refractivity contribution in [3.8, 4) is 67.9 Å². The predicted molar refractivity (Wildman–Crippen MR) is 226 cm³/mol. The van der Waals surface area contributed by atoms with Crippen LogP contribution in [0, 0.1) is 0 Å². The fourth-order valence-corrected chi connectivity index (χ4v) is 9.16. The summed E-state index contributed by atoms with van der Waals surface area (Å²) in [4.78, 5) is 15.4. The number of rotatable bonds is 4. The Kier molecular flexibility index (Phi) is 6.78. The number of hydrogen-bond donors (Lipinski definition) is 0. The minimum absolute atomic E-state index is 0.571. The molecule has 0 bridgehead atoms. The molecular formula is C52H31N3O2. The molecule has 5 heteroatoms. The summed E-state index contributed by atoms with van der Waals surface area (Å²) in [5.74, 6) is 3.48. The lowest BCUT2D eigenvalue weighted by molar-refractivity contribution is 0.436. The third-order valence-electron chi connectivity index (χ3n) is 11.6. The van der Waals surface area contributed by atoms with E-state index in [0.717, 1.165) is 72.4 Å². The van der Waals surface area contributed by atoms with Crippen molar-refractivity contribution in [1.29, 1.82) is 0 Å². The van der Waals surface area contributed by atoms with E-state index in [4.69, 9.17) is 24.1 Å². The van der Waals surface area contributed by atoms with Gasteiger partial charge in [0.1, 0.15) is 22.7 Å². The zero-order chi connectivity index (χ0) is 37.5. The van der Waals surface area contributed by atoms with Gasteiger partial charge in [-0.3, -0.25) is 0 Å². The molecule has 57 heavy (non-hydrogen) atoms. The molecule has 3 heterocycles. The van der Waals surface area contributed by atoms with Gasteiger partial charge in [0.15, 0.2) is 17.5 Å². The van der Waals surface area contributed by atoms with Crippen LogP contribution in [-0.4, -0.2) is 15.0 Å². The molecule has 0 N–H and O–H groups in total. The van der Waals surface area contributed by atoms with Gasteiger partial charge in [0, 0.05) is 38.6 Å². The van der Waals surface area contributed by atoms with E-state index in [-0.39, 0.29) is 0 Å². The molecule has 1 spiro atoms. The monoisotopic (exact) mass is 729 g/mol.